The first-order valence-electron chi connectivity index (χ1n) is 12.6. The Labute approximate surface area is 216 Å². The number of fused-ring (bicyclic) bond motifs is 1. The second-order valence-electron chi connectivity index (χ2n) is 9.17. The molecule has 0 aliphatic rings. The van der Waals surface area contributed by atoms with Crippen LogP contribution in [-0.4, -0.2) is 27.2 Å². The Morgan fingerprint density at radius 3 is 2.51 bits per heavy atom. The first-order valence-corrected chi connectivity index (χ1v) is 12.6. The lowest BCUT2D eigenvalue weighted by molar-refractivity contribution is -0.136. The van der Waals surface area contributed by atoms with Crippen molar-refractivity contribution in [1.82, 2.24) is 9.55 Å². The zero-order valence-corrected chi connectivity index (χ0v) is 20.9. The van der Waals surface area contributed by atoms with Crippen LogP contribution in [-0.2, 0) is 30.6 Å². The Morgan fingerprint density at radius 1 is 1.00 bits per heavy atom. The van der Waals surface area contributed by atoms with Gasteiger partial charge in [-0.15, -0.1) is 0 Å². The summed E-state index contributed by atoms with van der Waals surface area (Å²) in [5, 5.41) is 10.3. The number of benzene rings is 3. The van der Waals surface area contributed by atoms with E-state index in [-0.39, 0.29) is 6.42 Å². The van der Waals surface area contributed by atoms with Crippen molar-refractivity contribution in [3.05, 3.63) is 108 Å². The van der Waals surface area contributed by atoms with Gasteiger partial charge in [0.05, 0.1) is 24.2 Å². The van der Waals surface area contributed by atoms with Gasteiger partial charge >= 0.3 is 5.97 Å². The van der Waals surface area contributed by atoms with Crippen LogP contribution in [0.4, 0.5) is 0 Å². The van der Waals surface area contributed by atoms with Crippen LogP contribution in [0.25, 0.3) is 22.4 Å². The van der Waals surface area contributed by atoms with E-state index >= 15 is 0 Å². The first kappa shape index (κ1) is 24.4. The van der Waals surface area contributed by atoms with Crippen molar-refractivity contribution < 1.29 is 19.1 Å². The maximum Gasteiger partial charge on any atom is 0.307 e. The number of rotatable bonds is 11. The highest BCUT2D eigenvalue weighted by molar-refractivity contribution is 5.88. The molecule has 0 aliphatic carbocycles. The van der Waals surface area contributed by atoms with Crippen LogP contribution in [0.2, 0.25) is 0 Å². The summed E-state index contributed by atoms with van der Waals surface area (Å²) in [6, 6.07) is 26.1. The van der Waals surface area contributed by atoms with Gasteiger partial charge in [0, 0.05) is 36.2 Å². The Kier molecular flexibility index (Phi) is 7.36. The monoisotopic (exact) mass is 494 g/mol. The molecule has 37 heavy (non-hydrogen) atoms. The molecule has 1 N–H and O–H groups in total. The van der Waals surface area contributed by atoms with Gasteiger partial charge in [0.1, 0.15) is 11.5 Å². The number of aliphatic carboxylic acids is 1. The highest BCUT2D eigenvalue weighted by atomic mass is 16.5. The van der Waals surface area contributed by atoms with Crippen LogP contribution in [0.15, 0.2) is 89.5 Å². The van der Waals surface area contributed by atoms with Crippen molar-refractivity contribution in [3.8, 4) is 17.2 Å². The van der Waals surface area contributed by atoms with E-state index in [1.54, 1.807) is 0 Å². The summed E-state index contributed by atoms with van der Waals surface area (Å²) in [6.07, 6.45) is 4.52. The van der Waals surface area contributed by atoms with Gasteiger partial charge in [-0.3, -0.25) is 4.79 Å². The molecule has 188 valence electrons. The maximum atomic E-state index is 11.4. The topological polar surface area (TPSA) is 77.5 Å². The Bertz CT molecular complexity index is 1490. The molecule has 0 unspecified atom stereocenters. The van der Waals surface area contributed by atoms with Crippen LogP contribution in [0.5, 0.6) is 5.75 Å². The number of aryl methyl sites for hydroxylation is 3. The number of carbonyl (C=O) groups is 1. The number of nitrogens with zero attached hydrogens (tertiary/aromatic N) is 2. The van der Waals surface area contributed by atoms with E-state index in [9.17, 15) is 9.90 Å². The smallest absolute Gasteiger partial charge is 0.307 e. The quantitative estimate of drug-likeness (QED) is 0.227. The Balaban J connectivity index is 1.28. The van der Waals surface area contributed by atoms with Crippen LogP contribution in [0, 0.1) is 6.92 Å². The van der Waals surface area contributed by atoms with Crippen molar-refractivity contribution in [1.29, 1.82) is 0 Å². The van der Waals surface area contributed by atoms with Gasteiger partial charge in [0.15, 0.2) is 0 Å². The molecule has 0 radical (unpaired) electrons. The SMILES string of the molecule is Cc1oc(-c2ccccc2)nc1CCOc1ccc2c(CC(=O)O)cn(CCCc3ccccc3)c2c1. The summed E-state index contributed by atoms with van der Waals surface area (Å²) in [4.78, 5) is 16.1. The number of oxazole rings is 1. The zero-order valence-electron chi connectivity index (χ0n) is 20.9. The molecule has 0 fully saturated rings. The largest absolute Gasteiger partial charge is 0.493 e. The minimum Gasteiger partial charge on any atom is -0.493 e. The summed E-state index contributed by atoms with van der Waals surface area (Å²) >= 11 is 0. The van der Waals surface area contributed by atoms with Crippen molar-refractivity contribution >= 4 is 16.9 Å². The van der Waals surface area contributed by atoms with Crippen LogP contribution >= 0.6 is 0 Å². The summed E-state index contributed by atoms with van der Waals surface area (Å²) in [7, 11) is 0. The number of carboxylic acids is 1. The second kappa shape index (κ2) is 11.2. The summed E-state index contributed by atoms with van der Waals surface area (Å²) < 4.78 is 14.1. The maximum absolute atomic E-state index is 11.4. The standard InChI is InChI=1S/C31H30N2O4/c1-22-28(32-31(37-22)24-12-6-3-7-13-24)16-18-36-26-14-15-27-25(19-30(34)35)21-33(29(27)20-26)17-8-11-23-9-4-2-5-10-23/h2-7,9-10,12-15,20-21H,8,11,16-19H2,1H3,(H,34,35). The summed E-state index contributed by atoms with van der Waals surface area (Å²) in [5.41, 5.74) is 4.94. The average molecular weight is 495 g/mol. The molecule has 0 bridgehead atoms. The molecule has 2 aromatic heterocycles. The molecular formula is C31H30N2O4. The van der Waals surface area contributed by atoms with Crippen molar-refractivity contribution in [2.75, 3.05) is 6.61 Å². The molecule has 6 nitrogen and oxygen atoms in total. The van der Waals surface area contributed by atoms with E-state index < -0.39 is 5.97 Å². The molecule has 0 saturated heterocycles. The number of hydrogen-bond donors (Lipinski definition) is 1. The van der Waals surface area contributed by atoms with Gasteiger partial charge in [-0.2, -0.15) is 0 Å². The van der Waals surface area contributed by atoms with E-state index in [1.165, 1.54) is 5.56 Å². The molecule has 0 spiro atoms. The number of aromatic nitrogens is 2. The molecule has 3 aromatic carbocycles. The lowest BCUT2D eigenvalue weighted by Gasteiger charge is -2.09. The molecule has 5 aromatic rings. The van der Waals surface area contributed by atoms with E-state index in [1.807, 2.05) is 67.7 Å². The van der Waals surface area contributed by atoms with E-state index in [0.29, 0.717) is 18.9 Å². The van der Waals surface area contributed by atoms with Gasteiger partial charge < -0.3 is 18.8 Å². The molecule has 6 heteroatoms. The molecule has 5 rings (SSSR count). The molecule has 0 aliphatic heterocycles. The predicted octanol–water partition coefficient (Wildman–Crippen LogP) is 6.49. The number of ether oxygens (including phenoxy) is 1. The van der Waals surface area contributed by atoms with Gasteiger partial charge in [-0.1, -0.05) is 48.5 Å². The fraction of sp³-hybridized carbons (Fsp3) is 0.226. The minimum atomic E-state index is -0.832. The molecule has 0 amide bonds. The average Bonchev–Trinajstić information content (AvgIpc) is 3.44. The molecule has 2 heterocycles. The van der Waals surface area contributed by atoms with Crippen molar-refractivity contribution in [2.45, 2.75) is 39.2 Å². The summed E-state index contributed by atoms with van der Waals surface area (Å²) in [6.45, 7) is 3.19. The van der Waals surface area contributed by atoms with Gasteiger partial charge in [0.2, 0.25) is 5.89 Å². The van der Waals surface area contributed by atoms with Gasteiger partial charge in [-0.25, -0.2) is 4.98 Å². The highest BCUT2D eigenvalue weighted by Gasteiger charge is 2.14. The summed E-state index contributed by atoms with van der Waals surface area (Å²) in [5.74, 6) is 1.33. The molecule has 0 atom stereocenters. The zero-order chi connectivity index (χ0) is 25.6. The Hall–Kier alpha value is -4.32. The lowest BCUT2D eigenvalue weighted by Crippen LogP contribution is -2.03. The fourth-order valence-corrected chi connectivity index (χ4v) is 4.65. The van der Waals surface area contributed by atoms with E-state index in [0.717, 1.165) is 58.6 Å². The second-order valence-corrected chi connectivity index (χ2v) is 9.17. The van der Waals surface area contributed by atoms with Crippen LogP contribution in [0.1, 0.15) is 29.0 Å². The number of carboxylic acid groups (broad SMARTS) is 1. The lowest BCUT2D eigenvalue weighted by atomic mass is 10.1. The third-order valence-electron chi connectivity index (χ3n) is 6.51. The van der Waals surface area contributed by atoms with E-state index in [4.69, 9.17) is 9.15 Å². The number of hydrogen-bond acceptors (Lipinski definition) is 4. The minimum absolute atomic E-state index is 0.00241. The third-order valence-corrected chi connectivity index (χ3v) is 6.51. The van der Waals surface area contributed by atoms with Gasteiger partial charge in [-0.05, 0) is 55.2 Å². The first-order chi connectivity index (χ1) is 18.1. The molecular weight excluding hydrogens is 464 g/mol. The van der Waals surface area contributed by atoms with Gasteiger partial charge in [0.25, 0.3) is 0 Å². The third kappa shape index (κ3) is 5.92. The molecule has 0 saturated carbocycles. The normalized spacial score (nSPS) is 11.2. The van der Waals surface area contributed by atoms with Crippen molar-refractivity contribution in [2.24, 2.45) is 0 Å². The van der Waals surface area contributed by atoms with E-state index in [2.05, 4.69) is 33.8 Å². The van der Waals surface area contributed by atoms with Crippen molar-refractivity contribution in [3.63, 3.8) is 0 Å². The predicted molar refractivity (Wildman–Crippen MR) is 144 cm³/mol. The Morgan fingerprint density at radius 2 is 1.76 bits per heavy atom. The fourth-order valence-electron chi connectivity index (χ4n) is 4.65. The highest BCUT2D eigenvalue weighted by Crippen LogP contribution is 2.28. The van der Waals surface area contributed by atoms with Crippen LogP contribution in [0.3, 0.4) is 0 Å². The van der Waals surface area contributed by atoms with Crippen LogP contribution < -0.4 is 4.74 Å².